The van der Waals surface area contributed by atoms with Gasteiger partial charge in [0.25, 0.3) is 0 Å². The molecule has 0 saturated heterocycles. The summed E-state index contributed by atoms with van der Waals surface area (Å²) in [6.07, 6.45) is 3.25. The predicted octanol–water partition coefficient (Wildman–Crippen LogP) is 5.10. The van der Waals surface area contributed by atoms with E-state index in [4.69, 9.17) is 11.6 Å². The van der Waals surface area contributed by atoms with Crippen LogP contribution < -0.4 is 10.6 Å². The molecule has 0 spiro atoms. The van der Waals surface area contributed by atoms with Gasteiger partial charge in [-0.2, -0.15) is 4.98 Å². The van der Waals surface area contributed by atoms with Gasteiger partial charge in [-0.3, -0.25) is 0 Å². The van der Waals surface area contributed by atoms with E-state index in [0.29, 0.717) is 22.7 Å². The summed E-state index contributed by atoms with van der Waals surface area (Å²) in [5.74, 6) is 1.20. The SMILES string of the molecule is CC[C@H](C)Nc1nc(Nc2c(F)cccc2Cl)cc(C2CC2)n1. The number of nitrogens with one attached hydrogen (secondary N) is 2. The fourth-order valence-electron chi connectivity index (χ4n) is 2.25. The van der Waals surface area contributed by atoms with Crippen LogP contribution in [0.5, 0.6) is 0 Å². The van der Waals surface area contributed by atoms with E-state index in [1.165, 1.54) is 6.07 Å². The molecule has 1 fully saturated rings. The largest absolute Gasteiger partial charge is 0.352 e. The Morgan fingerprint density at radius 3 is 2.78 bits per heavy atom. The van der Waals surface area contributed by atoms with Crippen molar-refractivity contribution in [3.8, 4) is 0 Å². The molecule has 0 aliphatic heterocycles. The average molecular weight is 335 g/mol. The van der Waals surface area contributed by atoms with Crippen LogP contribution in [-0.2, 0) is 0 Å². The minimum absolute atomic E-state index is 0.240. The monoisotopic (exact) mass is 334 g/mol. The molecule has 1 aromatic heterocycles. The molecular formula is C17H20ClFN4. The van der Waals surface area contributed by atoms with Crippen LogP contribution in [0.1, 0.15) is 44.7 Å². The molecule has 1 saturated carbocycles. The first kappa shape index (κ1) is 16.0. The van der Waals surface area contributed by atoms with Crippen LogP contribution in [0.2, 0.25) is 5.02 Å². The zero-order valence-electron chi connectivity index (χ0n) is 13.2. The van der Waals surface area contributed by atoms with Crippen LogP contribution in [0, 0.1) is 5.82 Å². The van der Waals surface area contributed by atoms with Crippen molar-refractivity contribution in [3.63, 3.8) is 0 Å². The molecule has 6 heteroatoms. The molecule has 1 heterocycles. The van der Waals surface area contributed by atoms with Gasteiger partial charge < -0.3 is 10.6 Å². The third-order valence-electron chi connectivity index (χ3n) is 3.95. The Morgan fingerprint density at radius 1 is 1.35 bits per heavy atom. The summed E-state index contributed by atoms with van der Waals surface area (Å²) in [6, 6.07) is 6.75. The fraction of sp³-hybridized carbons (Fsp3) is 0.412. The van der Waals surface area contributed by atoms with E-state index in [1.807, 2.05) is 6.07 Å². The molecule has 1 aromatic carbocycles. The maximum atomic E-state index is 14.0. The zero-order chi connectivity index (χ0) is 16.4. The van der Waals surface area contributed by atoms with Gasteiger partial charge in [0.2, 0.25) is 5.95 Å². The lowest BCUT2D eigenvalue weighted by Crippen LogP contribution is -2.16. The first-order valence-corrected chi connectivity index (χ1v) is 8.31. The standard InChI is InChI=1S/C17H20ClFN4/c1-3-10(2)20-17-21-14(11-7-8-11)9-15(23-17)22-16-12(18)5-4-6-13(16)19/h4-6,9-11H,3,7-8H2,1-2H3,(H2,20,21,22,23)/t10-/m0/s1. The summed E-state index contributed by atoms with van der Waals surface area (Å²) in [6.45, 7) is 4.18. The number of para-hydroxylation sites is 1. The third-order valence-corrected chi connectivity index (χ3v) is 4.26. The lowest BCUT2D eigenvalue weighted by Gasteiger charge is -2.15. The lowest BCUT2D eigenvalue weighted by molar-refractivity contribution is 0.632. The molecular weight excluding hydrogens is 315 g/mol. The molecule has 23 heavy (non-hydrogen) atoms. The number of rotatable bonds is 6. The summed E-state index contributed by atoms with van der Waals surface area (Å²) in [7, 11) is 0. The predicted molar refractivity (Wildman–Crippen MR) is 92.1 cm³/mol. The Hall–Kier alpha value is -1.88. The van der Waals surface area contributed by atoms with E-state index in [9.17, 15) is 4.39 Å². The molecule has 2 N–H and O–H groups in total. The first-order valence-electron chi connectivity index (χ1n) is 7.93. The lowest BCUT2D eigenvalue weighted by atomic mass is 10.2. The topological polar surface area (TPSA) is 49.8 Å². The second-order valence-corrected chi connectivity index (χ2v) is 6.36. The molecule has 0 radical (unpaired) electrons. The Balaban J connectivity index is 1.91. The summed E-state index contributed by atoms with van der Waals surface area (Å²) in [5.41, 5.74) is 1.23. The number of anilines is 3. The van der Waals surface area contributed by atoms with Crippen molar-refractivity contribution in [2.75, 3.05) is 10.6 Å². The van der Waals surface area contributed by atoms with Gasteiger partial charge in [0.15, 0.2) is 0 Å². The number of halogens is 2. The van der Waals surface area contributed by atoms with Crippen molar-refractivity contribution in [3.05, 3.63) is 40.8 Å². The van der Waals surface area contributed by atoms with Crippen LogP contribution in [0.15, 0.2) is 24.3 Å². The summed E-state index contributed by atoms with van der Waals surface area (Å²) >= 11 is 6.08. The molecule has 0 unspecified atom stereocenters. The minimum Gasteiger partial charge on any atom is -0.352 e. The van der Waals surface area contributed by atoms with Crippen LogP contribution in [0.25, 0.3) is 0 Å². The quantitative estimate of drug-likeness (QED) is 0.771. The van der Waals surface area contributed by atoms with Gasteiger partial charge >= 0.3 is 0 Å². The highest BCUT2D eigenvalue weighted by atomic mass is 35.5. The van der Waals surface area contributed by atoms with Crippen molar-refractivity contribution in [1.29, 1.82) is 0 Å². The smallest absolute Gasteiger partial charge is 0.225 e. The number of hydrogen-bond acceptors (Lipinski definition) is 4. The molecule has 1 aliphatic carbocycles. The zero-order valence-corrected chi connectivity index (χ0v) is 14.0. The second-order valence-electron chi connectivity index (χ2n) is 5.95. The molecule has 122 valence electrons. The summed E-state index contributed by atoms with van der Waals surface area (Å²) in [4.78, 5) is 9.03. The normalized spacial score (nSPS) is 15.3. The van der Waals surface area contributed by atoms with Crippen molar-refractivity contribution >= 4 is 29.1 Å². The number of nitrogens with zero attached hydrogens (tertiary/aromatic N) is 2. The summed E-state index contributed by atoms with van der Waals surface area (Å²) in [5, 5.41) is 6.61. The van der Waals surface area contributed by atoms with E-state index in [1.54, 1.807) is 12.1 Å². The fourth-order valence-corrected chi connectivity index (χ4v) is 2.46. The molecule has 1 atom stereocenters. The summed E-state index contributed by atoms with van der Waals surface area (Å²) < 4.78 is 14.0. The van der Waals surface area contributed by atoms with E-state index in [0.717, 1.165) is 25.0 Å². The maximum absolute atomic E-state index is 14.0. The van der Waals surface area contributed by atoms with Crippen LogP contribution in [0.4, 0.5) is 21.8 Å². The van der Waals surface area contributed by atoms with E-state index >= 15 is 0 Å². The van der Waals surface area contributed by atoms with Gasteiger partial charge in [-0.05, 0) is 38.3 Å². The van der Waals surface area contributed by atoms with Crippen molar-refractivity contribution < 1.29 is 4.39 Å². The van der Waals surface area contributed by atoms with Crippen LogP contribution >= 0.6 is 11.6 Å². The van der Waals surface area contributed by atoms with Crippen molar-refractivity contribution in [2.24, 2.45) is 0 Å². The van der Waals surface area contributed by atoms with Gasteiger partial charge in [-0.1, -0.05) is 24.6 Å². The number of hydrogen-bond donors (Lipinski definition) is 2. The highest BCUT2D eigenvalue weighted by molar-refractivity contribution is 6.33. The molecule has 1 aliphatic rings. The highest BCUT2D eigenvalue weighted by Crippen LogP contribution is 2.40. The molecule has 2 aromatic rings. The number of benzene rings is 1. The van der Waals surface area contributed by atoms with Gasteiger partial charge in [0.1, 0.15) is 11.6 Å². The Labute approximate surface area is 140 Å². The van der Waals surface area contributed by atoms with Crippen LogP contribution in [-0.4, -0.2) is 16.0 Å². The second kappa shape index (κ2) is 6.71. The Morgan fingerprint density at radius 2 is 2.13 bits per heavy atom. The van der Waals surface area contributed by atoms with Crippen LogP contribution in [0.3, 0.4) is 0 Å². The molecule has 0 bridgehead atoms. The Bertz CT molecular complexity index is 683. The Kier molecular flexibility index (Phi) is 4.66. The van der Waals surface area contributed by atoms with Gasteiger partial charge in [-0.25, -0.2) is 9.37 Å². The average Bonchev–Trinajstić information content (AvgIpc) is 3.35. The van der Waals surface area contributed by atoms with E-state index in [2.05, 4.69) is 34.4 Å². The highest BCUT2D eigenvalue weighted by Gasteiger charge is 2.26. The van der Waals surface area contributed by atoms with Crippen molar-refractivity contribution in [2.45, 2.75) is 45.1 Å². The van der Waals surface area contributed by atoms with E-state index < -0.39 is 5.82 Å². The molecule has 0 amide bonds. The number of aromatic nitrogens is 2. The van der Waals surface area contributed by atoms with Gasteiger partial charge in [-0.15, -0.1) is 0 Å². The third kappa shape index (κ3) is 3.91. The van der Waals surface area contributed by atoms with Crippen molar-refractivity contribution in [1.82, 2.24) is 9.97 Å². The minimum atomic E-state index is -0.402. The first-order chi connectivity index (χ1) is 11.1. The van der Waals surface area contributed by atoms with Gasteiger partial charge in [0, 0.05) is 18.0 Å². The van der Waals surface area contributed by atoms with E-state index in [-0.39, 0.29) is 11.7 Å². The molecule has 3 rings (SSSR count). The maximum Gasteiger partial charge on any atom is 0.225 e. The molecule has 4 nitrogen and oxygen atoms in total. The van der Waals surface area contributed by atoms with Gasteiger partial charge in [0.05, 0.1) is 16.4 Å².